The van der Waals surface area contributed by atoms with E-state index in [-0.39, 0.29) is 12.5 Å². The second kappa shape index (κ2) is 5.34. The van der Waals surface area contributed by atoms with Crippen LogP contribution in [-0.4, -0.2) is 29.8 Å². The van der Waals surface area contributed by atoms with Crippen molar-refractivity contribution in [1.82, 2.24) is 0 Å². The molecule has 2 rings (SSSR count). The van der Waals surface area contributed by atoms with Crippen LogP contribution in [0.1, 0.15) is 18.9 Å². The predicted molar refractivity (Wildman–Crippen MR) is 68.8 cm³/mol. The summed E-state index contributed by atoms with van der Waals surface area (Å²) in [6.07, 6.45) is -4.79. The van der Waals surface area contributed by atoms with Crippen LogP contribution in [0.15, 0.2) is 24.3 Å². The van der Waals surface area contributed by atoms with Crippen LogP contribution in [0.5, 0.6) is 0 Å². The maximum atomic E-state index is 13.2. The lowest BCUT2D eigenvalue weighted by atomic mass is 9.92. The Morgan fingerprint density at radius 3 is 2.70 bits per heavy atom. The molecular formula is C14H16F3NO2. The maximum absolute atomic E-state index is 13.2. The second-order valence-electron chi connectivity index (χ2n) is 5.25. The highest BCUT2D eigenvalue weighted by atomic mass is 19.4. The first-order chi connectivity index (χ1) is 9.29. The van der Waals surface area contributed by atoms with Crippen LogP contribution in [0, 0.1) is 5.92 Å². The number of alkyl halides is 3. The highest BCUT2D eigenvalue weighted by Crippen LogP contribution is 2.37. The minimum atomic E-state index is -4.57. The first-order valence-electron chi connectivity index (χ1n) is 6.42. The molecule has 0 radical (unpaired) electrons. The van der Waals surface area contributed by atoms with Gasteiger partial charge in [0.25, 0.3) is 0 Å². The number of carboxylic acids is 1. The van der Waals surface area contributed by atoms with Crippen molar-refractivity contribution in [2.45, 2.75) is 32.0 Å². The van der Waals surface area contributed by atoms with Gasteiger partial charge in [-0.2, -0.15) is 13.2 Å². The Morgan fingerprint density at radius 1 is 1.45 bits per heavy atom. The van der Waals surface area contributed by atoms with Gasteiger partial charge in [-0.3, -0.25) is 4.79 Å². The topological polar surface area (TPSA) is 40.5 Å². The molecule has 1 aromatic carbocycles. The van der Waals surface area contributed by atoms with E-state index in [0.717, 1.165) is 5.56 Å². The maximum Gasteiger partial charge on any atom is 0.409 e. The number of aliphatic carboxylic acids is 1. The molecule has 1 aromatic rings. The van der Waals surface area contributed by atoms with Gasteiger partial charge in [0, 0.05) is 12.2 Å². The molecule has 6 heteroatoms. The molecule has 1 heterocycles. The van der Waals surface area contributed by atoms with Gasteiger partial charge in [0.05, 0.1) is 6.42 Å². The van der Waals surface area contributed by atoms with E-state index >= 15 is 0 Å². The van der Waals surface area contributed by atoms with Crippen molar-refractivity contribution in [2.75, 3.05) is 11.4 Å². The van der Waals surface area contributed by atoms with E-state index in [0.29, 0.717) is 12.1 Å². The number of fused-ring (bicyclic) bond motifs is 1. The van der Waals surface area contributed by atoms with E-state index in [2.05, 4.69) is 0 Å². The minimum Gasteiger partial charge on any atom is -0.481 e. The molecule has 110 valence electrons. The lowest BCUT2D eigenvalue weighted by Gasteiger charge is -2.40. The van der Waals surface area contributed by atoms with Crippen LogP contribution in [0.4, 0.5) is 18.9 Å². The summed E-state index contributed by atoms with van der Waals surface area (Å²) in [5.41, 5.74) is 1.33. The number of hydrogen-bond acceptors (Lipinski definition) is 2. The Hall–Kier alpha value is -1.72. The van der Waals surface area contributed by atoms with Crippen LogP contribution >= 0.6 is 0 Å². The number of hydrogen-bond donors (Lipinski definition) is 1. The van der Waals surface area contributed by atoms with Crippen LogP contribution in [0.2, 0.25) is 0 Å². The molecule has 3 nitrogen and oxygen atoms in total. The number of carboxylic acid groups (broad SMARTS) is 1. The third-order valence-corrected chi connectivity index (χ3v) is 3.50. The molecule has 0 aliphatic carbocycles. The average Bonchev–Trinajstić information content (AvgIpc) is 2.33. The molecule has 0 spiro atoms. The van der Waals surface area contributed by atoms with Crippen LogP contribution in [0.25, 0.3) is 0 Å². The molecule has 0 fully saturated rings. The fourth-order valence-electron chi connectivity index (χ4n) is 2.70. The Balaban J connectivity index is 2.40. The van der Waals surface area contributed by atoms with E-state index < -0.39 is 24.6 Å². The average molecular weight is 287 g/mol. The monoisotopic (exact) mass is 287 g/mol. The molecule has 1 aliphatic rings. The van der Waals surface area contributed by atoms with Gasteiger partial charge in [-0.05, 0) is 24.0 Å². The zero-order valence-corrected chi connectivity index (χ0v) is 11.0. The summed E-state index contributed by atoms with van der Waals surface area (Å²) in [5, 5.41) is 8.77. The van der Waals surface area contributed by atoms with E-state index in [4.69, 9.17) is 5.11 Å². The van der Waals surface area contributed by atoms with E-state index in [1.165, 1.54) is 4.90 Å². The Labute approximate surface area is 115 Å². The molecule has 2 atom stereocenters. The smallest absolute Gasteiger partial charge is 0.409 e. The third kappa shape index (κ3) is 3.05. The fraction of sp³-hybridized carbons (Fsp3) is 0.500. The van der Waals surface area contributed by atoms with Gasteiger partial charge in [-0.1, -0.05) is 25.1 Å². The molecular weight excluding hydrogens is 271 g/mol. The van der Waals surface area contributed by atoms with Gasteiger partial charge >= 0.3 is 12.1 Å². The number of halogens is 3. The van der Waals surface area contributed by atoms with Gasteiger partial charge in [0.15, 0.2) is 0 Å². The number of carbonyl (C=O) groups is 1. The van der Waals surface area contributed by atoms with Crippen molar-refractivity contribution in [3.05, 3.63) is 29.8 Å². The number of rotatable bonds is 3. The minimum absolute atomic E-state index is 0.0588. The highest BCUT2D eigenvalue weighted by Gasteiger charge is 2.46. The van der Waals surface area contributed by atoms with Crippen molar-refractivity contribution in [3.63, 3.8) is 0 Å². The summed E-state index contributed by atoms with van der Waals surface area (Å²) in [6.45, 7) is 2.09. The summed E-state index contributed by atoms with van der Waals surface area (Å²) in [4.78, 5) is 12.0. The summed E-state index contributed by atoms with van der Waals surface area (Å²) in [6, 6.07) is 4.91. The fourth-order valence-corrected chi connectivity index (χ4v) is 2.70. The second-order valence-corrected chi connectivity index (χ2v) is 5.25. The summed E-state index contributed by atoms with van der Waals surface area (Å²) in [7, 11) is 0. The quantitative estimate of drug-likeness (QED) is 0.928. The molecule has 0 saturated heterocycles. The van der Waals surface area contributed by atoms with E-state index in [9.17, 15) is 18.0 Å². The highest BCUT2D eigenvalue weighted by molar-refractivity contribution is 5.69. The molecule has 0 aromatic heterocycles. The van der Waals surface area contributed by atoms with Gasteiger partial charge < -0.3 is 10.0 Å². The number of benzene rings is 1. The summed E-state index contributed by atoms with van der Waals surface area (Å²) >= 11 is 0. The Bertz CT molecular complexity index is 501. The first-order valence-corrected chi connectivity index (χ1v) is 6.42. The number of para-hydroxylation sites is 1. The van der Waals surface area contributed by atoms with Crippen molar-refractivity contribution >= 4 is 11.7 Å². The lowest BCUT2D eigenvalue weighted by Crippen LogP contribution is -2.50. The van der Waals surface area contributed by atoms with Gasteiger partial charge in [-0.15, -0.1) is 0 Å². The van der Waals surface area contributed by atoms with Crippen molar-refractivity contribution in [2.24, 2.45) is 5.92 Å². The molecule has 0 amide bonds. The molecule has 2 unspecified atom stereocenters. The van der Waals surface area contributed by atoms with Gasteiger partial charge in [-0.25, -0.2) is 0 Å². The van der Waals surface area contributed by atoms with Crippen molar-refractivity contribution in [1.29, 1.82) is 0 Å². The molecule has 1 aliphatic heterocycles. The molecule has 0 bridgehead atoms. The SMILES string of the molecule is CC1Cc2ccccc2N(C(CC(=O)O)C(F)(F)F)C1. The Kier molecular flexibility index (Phi) is 3.92. The number of nitrogens with zero attached hydrogens (tertiary/aromatic N) is 1. The summed E-state index contributed by atoms with van der Waals surface area (Å²) < 4.78 is 39.5. The summed E-state index contributed by atoms with van der Waals surface area (Å²) in [5.74, 6) is -1.38. The molecule has 20 heavy (non-hydrogen) atoms. The first kappa shape index (κ1) is 14.7. The van der Waals surface area contributed by atoms with Crippen LogP contribution < -0.4 is 4.90 Å². The molecule has 1 N–H and O–H groups in total. The van der Waals surface area contributed by atoms with Crippen molar-refractivity contribution < 1.29 is 23.1 Å². The zero-order valence-electron chi connectivity index (χ0n) is 11.0. The normalized spacial score (nSPS) is 20.4. The van der Waals surface area contributed by atoms with E-state index in [1.54, 1.807) is 24.3 Å². The van der Waals surface area contributed by atoms with Crippen LogP contribution in [0.3, 0.4) is 0 Å². The predicted octanol–water partition coefficient (Wildman–Crippen LogP) is 3.09. The number of anilines is 1. The Morgan fingerprint density at radius 2 is 2.10 bits per heavy atom. The van der Waals surface area contributed by atoms with Gasteiger partial charge in [0.2, 0.25) is 0 Å². The van der Waals surface area contributed by atoms with Gasteiger partial charge in [0.1, 0.15) is 6.04 Å². The zero-order chi connectivity index (χ0) is 14.9. The molecule has 0 saturated carbocycles. The van der Waals surface area contributed by atoms with Crippen LogP contribution in [-0.2, 0) is 11.2 Å². The standard InChI is InChI=1S/C14H16F3NO2/c1-9-6-10-4-2-3-5-11(10)18(8-9)12(7-13(19)20)14(15,16)17/h2-5,9,12H,6-8H2,1H3,(H,19,20). The van der Waals surface area contributed by atoms with Crippen molar-refractivity contribution in [3.8, 4) is 0 Å². The largest absolute Gasteiger partial charge is 0.481 e. The third-order valence-electron chi connectivity index (χ3n) is 3.50. The lowest BCUT2D eigenvalue weighted by molar-refractivity contribution is -0.162. The van der Waals surface area contributed by atoms with E-state index in [1.807, 2.05) is 6.92 Å².